The topological polar surface area (TPSA) is 13.1 Å². The van der Waals surface area contributed by atoms with E-state index >= 15 is 0 Å². The highest BCUT2D eigenvalue weighted by Gasteiger charge is 2.11. The van der Waals surface area contributed by atoms with Crippen LogP contribution in [0.1, 0.15) is 5.56 Å². The summed E-state index contributed by atoms with van der Waals surface area (Å²) in [5, 5.41) is 1.47. The van der Waals surface area contributed by atoms with Gasteiger partial charge in [-0.1, -0.05) is 60.7 Å². The molecule has 3 heteroatoms. The molecule has 0 aliphatic rings. The molecule has 0 fully saturated rings. The maximum atomic E-state index is 5.89. The van der Waals surface area contributed by atoms with E-state index < -0.39 is 16.1 Å². The summed E-state index contributed by atoms with van der Waals surface area (Å²) in [4.78, 5) is 0. The molecule has 3 rings (SSSR count). The fourth-order valence-electron chi connectivity index (χ4n) is 2.13. The average molecular weight is 266 g/mol. The van der Waals surface area contributed by atoms with Crippen molar-refractivity contribution in [1.82, 2.24) is 0 Å². The Kier molecular flexibility index (Phi) is 3.43. The molecule has 0 unspecified atom stereocenters. The second-order valence-electron chi connectivity index (χ2n) is 4.29. The molecule has 88 valence electrons. The summed E-state index contributed by atoms with van der Waals surface area (Å²) in [5.41, 5.74) is 3.70. The van der Waals surface area contributed by atoms with E-state index in [0.717, 1.165) is 6.04 Å². The Hall–Kier alpha value is -1.59. The van der Waals surface area contributed by atoms with E-state index in [4.69, 9.17) is 4.10 Å². The SMILES string of the molecule is c1ccc(C[si]2occ[si]2-c2ccccc2)cc1. The largest absolute Gasteiger partial charge is 0.527 e. The standard InChI is InChI=1S/C15H14OSi2/c1-3-7-14(8-4-1)13-18-16-11-12-17(18)15-9-5-2-6-10-15/h1-12H,13H2. The Bertz CT molecular complexity index is 617. The molecule has 1 heterocycles. The molecular weight excluding hydrogens is 252 g/mol. The first-order chi connectivity index (χ1) is 8.93. The summed E-state index contributed by atoms with van der Waals surface area (Å²) in [7, 11) is -1.39. The van der Waals surface area contributed by atoms with Crippen LogP contribution in [0.3, 0.4) is 0 Å². The molecular formula is C15H14OSi2. The van der Waals surface area contributed by atoms with Gasteiger partial charge in [-0.2, -0.15) is 0 Å². The van der Waals surface area contributed by atoms with E-state index in [1.54, 1.807) is 0 Å². The molecule has 1 aromatic heterocycles. The summed E-state index contributed by atoms with van der Waals surface area (Å²) in [6.07, 6.45) is 1.93. The molecule has 0 amide bonds. The molecule has 1 nitrogen and oxygen atoms in total. The molecule has 0 aliphatic heterocycles. The minimum Gasteiger partial charge on any atom is -0.527 e. The maximum Gasteiger partial charge on any atom is 0.222 e. The van der Waals surface area contributed by atoms with Crippen molar-refractivity contribution in [2.45, 2.75) is 6.04 Å². The lowest BCUT2D eigenvalue weighted by Gasteiger charge is -2.01. The summed E-state index contributed by atoms with van der Waals surface area (Å²) in [6, 6.07) is 22.6. The van der Waals surface area contributed by atoms with Crippen molar-refractivity contribution in [3.63, 3.8) is 0 Å². The zero-order chi connectivity index (χ0) is 12.2. The number of hydrogen-bond acceptors (Lipinski definition) is 1. The van der Waals surface area contributed by atoms with Crippen LogP contribution in [-0.2, 0) is 6.04 Å². The Balaban J connectivity index is 1.93. The summed E-state index contributed by atoms with van der Waals surface area (Å²) in [5.74, 6) is 0. The van der Waals surface area contributed by atoms with Crippen molar-refractivity contribution in [2.75, 3.05) is 0 Å². The van der Waals surface area contributed by atoms with Crippen molar-refractivity contribution in [1.29, 1.82) is 0 Å². The van der Waals surface area contributed by atoms with Crippen molar-refractivity contribution in [3.8, 4) is 5.19 Å². The molecule has 0 atom stereocenters. The Morgan fingerprint density at radius 1 is 0.833 bits per heavy atom. The van der Waals surface area contributed by atoms with Crippen molar-refractivity contribution in [3.05, 3.63) is 78.2 Å². The highest BCUT2D eigenvalue weighted by molar-refractivity contribution is 7.04. The molecule has 0 spiro atoms. The van der Waals surface area contributed by atoms with Crippen LogP contribution in [0.4, 0.5) is 0 Å². The van der Waals surface area contributed by atoms with Gasteiger partial charge in [0.2, 0.25) is 8.15 Å². The van der Waals surface area contributed by atoms with Gasteiger partial charge in [0.15, 0.2) is 0 Å². The number of rotatable bonds is 3. The summed E-state index contributed by atoms with van der Waals surface area (Å²) in [6.45, 7) is 0. The molecule has 0 saturated carbocycles. The highest BCUT2D eigenvalue weighted by atomic mass is 29.0. The third-order valence-electron chi connectivity index (χ3n) is 3.04. The molecule has 0 aliphatic carbocycles. The fourth-order valence-corrected chi connectivity index (χ4v) is 8.96. The monoisotopic (exact) mass is 266 g/mol. The van der Waals surface area contributed by atoms with Gasteiger partial charge in [-0.3, -0.25) is 0 Å². The Labute approximate surface area is 110 Å². The summed E-state index contributed by atoms with van der Waals surface area (Å²) >= 11 is 0. The fraction of sp³-hybridized carbons (Fsp3) is 0.0667. The molecule has 0 N–H and O–H groups in total. The molecule has 0 radical (unpaired) electrons. The van der Waals surface area contributed by atoms with Crippen LogP contribution in [0.15, 0.2) is 76.7 Å². The lowest BCUT2D eigenvalue weighted by atomic mass is 10.2. The van der Waals surface area contributed by atoms with E-state index in [9.17, 15) is 0 Å². The number of benzene rings is 2. The van der Waals surface area contributed by atoms with Crippen LogP contribution in [0.5, 0.6) is 0 Å². The van der Waals surface area contributed by atoms with E-state index in [1.807, 2.05) is 6.26 Å². The lowest BCUT2D eigenvalue weighted by Crippen LogP contribution is -2.13. The van der Waals surface area contributed by atoms with Gasteiger partial charge in [-0.25, -0.2) is 0 Å². The smallest absolute Gasteiger partial charge is 0.222 e. The first kappa shape index (κ1) is 11.5. The van der Waals surface area contributed by atoms with Gasteiger partial charge in [0, 0.05) is 6.04 Å². The van der Waals surface area contributed by atoms with E-state index in [2.05, 4.69) is 66.3 Å². The molecule has 2 aromatic carbocycles. The normalized spacial score (nSPS) is 10.4. The second kappa shape index (κ2) is 5.37. The van der Waals surface area contributed by atoms with Crippen molar-refractivity contribution < 1.29 is 4.10 Å². The summed E-state index contributed by atoms with van der Waals surface area (Å²) < 4.78 is 5.89. The minimum absolute atomic E-state index is 0.627. The van der Waals surface area contributed by atoms with Crippen LogP contribution >= 0.6 is 0 Å². The van der Waals surface area contributed by atoms with Crippen LogP contribution in [0.2, 0.25) is 0 Å². The zero-order valence-electron chi connectivity index (χ0n) is 10.0. The van der Waals surface area contributed by atoms with Gasteiger partial charge >= 0.3 is 0 Å². The molecule has 18 heavy (non-hydrogen) atoms. The van der Waals surface area contributed by atoms with Gasteiger partial charge in [0.25, 0.3) is 0 Å². The predicted molar refractivity (Wildman–Crippen MR) is 77.5 cm³/mol. The quantitative estimate of drug-likeness (QED) is 0.663. The van der Waals surface area contributed by atoms with Crippen LogP contribution in [-0.4, -0.2) is 16.1 Å². The van der Waals surface area contributed by atoms with Crippen LogP contribution < -0.4 is 0 Å². The van der Waals surface area contributed by atoms with Gasteiger partial charge < -0.3 is 4.10 Å². The number of hydrogen-bond donors (Lipinski definition) is 0. The van der Waals surface area contributed by atoms with Crippen LogP contribution in [0.25, 0.3) is 5.19 Å². The Morgan fingerprint density at radius 2 is 1.50 bits per heavy atom. The van der Waals surface area contributed by atoms with Gasteiger partial charge in [-0.05, 0) is 16.4 Å². The maximum absolute atomic E-state index is 5.89. The predicted octanol–water partition coefficient (Wildman–Crippen LogP) is 3.37. The van der Waals surface area contributed by atoms with Gasteiger partial charge in [0.05, 0.1) is 6.26 Å². The van der Waals surface area contributed by atoms with Crippen LogP contribution in [0, 0.1) is 0 Å². The average Bonchev–Trinajstić information content (AvgIpc) is 2.89. The minimum atomic E-state index is -0.764. The van der Waals surface area contributed by atoms with E-state index in [1.165, 1.54) is 10.8 Å². The first-order valence-electron chi connectivity index (χ1n) is 6.09. The molecule has 3 aromatic rings. The second-order valence-corrected chi connectivity index (χ2v) is 10.7. The van der Waals surface area contributed by atoms with Gasteiger partial charge in [0.1, 0.15) is 7.90 Å². The highest BCUT2D eigenvalue weighted by Crippen LogP contribution is 2.08. The van der Waals surface area contributed by atoms with E-state index in [0.29, 0.717) is 0 Å². The van der Waals surface area contributed by atoms with Crippen molar-refractivity contribution >= 4 is 16.1 Å². The Morgan fingerprint density at radius 3 is 2.22 bits per heavy atom. The molecule has 0 bridgehead atoms. The lowest BCUT2D eigenvalue weighted by molar-refractivity contribution is 0.655. The first-order valence-corrected chi connectivity index (χ1v) is 10.3. The van der Waals surface area contributed by atoms with Crippen molar-refractivity contribution in [2.24, 2.45) is 0 Å². The zero-order valence-corrected chi connectivity index (χ0v) is 12.0. The van der Waals surface area contributed by atoms with Gasteiger partial charge in [-0.15, -0.1) is 0 Å². The third-order valence-corrected chi connectivity index (χ3v) is 10.3. The van der Waals surface area contributed by atoms with E-state index in [-0.39, 0.29) is 0 Å². The molecule has 0 saturated heterocycles. The third kappa shape index (κ3) is 2.47.